The van der Waals surface area contributed by atoms with Crippen molar-refractivity contribution in [1.29, 1.82) is 0 Å². The highest BCUT2D eigenvalue weighted by atomic mass is 32.2. The minimum atomic E-state index is -3.56. The number of piperazine rings is 1. The van der Waals surface area contributed by atoms with E-state index in [4.69, 9.17) is 0 Å². The van der Waals surface area contributed by atoms with Gasteiger partial charge in [0.05, 0.1) is 11.4 Å². The fourth-order valence-electron chi connectivity index (χ4n) is 4.87. The van der Waals surface area contributed by atoms with Crippen LogP contribution in [0.25, 0.3) is 10.8 Å². The zero-order valence-corrected chi connectivity index (χ0v) is 18.6. The topological polar surface area (TPSA) is 60.9 Å². The van der Waals surface area contributed by atoms with Gasteiger partial charge < -0.3 is 4.90 Å². The molecule has 2 atom stereocenters. The minimum absolute atomic E-state index is 0.110. The highest BCUT2D eigenvalue weighted by Gasteiger charge is 2.31. The average molecular weight is 430 g/mol. The lowest BCUT2D eigenvalue weighted by atomic mass is 9.92. The molecular formula is C23H31N3O3S. The van der Waals surface area contributed by atoms with E-state index in [2.05, 4.69) is 18.7 Å². The molecule has 2 aliphatic heterocycles. The number of carbonyl (C=O) groups excluding carboxylic acids is 1. The van der Waals surface area contributed by atoms with Crippen molar-refractivity contribution in [2.24, 2.45) is 11.8 Å². The van der Waals surface area contributed by atoms with E-state index >= 15 is 0 Å². The number of fused-ring (bicyclic) bond motifs is 1. The van der Waals surface area contributed by atoms with E-state index in [1.165, 1.54) is 10.7 Å². The Labute approximate surface area is 179 Å². The molecule has 0 aromatic heterocycles. The number of amides is 1. The maximum Gasteiger partial charge on any atom is 0.243 e. The number of likely N-dealkylation sites (tertiary alicyclic amines) is 1. The fraction of sp³-hybridized carbons (Fsp3) is 0.522. The highest BCUT2D eigenvalue weighted by molar-refractivity contribution is 7.89. The lowest BCUT2D eigenvalue weighted by molar-refractivity contribution is -0.134. The number of rotatable bonds is 4. The van der Waals surface area contributed by atoms with Crippen molar-refractivity contribution in [3.05, 3.63) is 42.5 Å². The second-order valence-corrected chi connectivity index (χ2v) is 10.9. The van der Waals surface area contributed by atoms with Crippen molar-refractivity contribution in [2.45, 2.75) is 25.2 Å². The molecule has 162 valence electrons. The third kappa shape index (κ3) is 4.53. The van der Waals surface area contributed by atoms with E-state index in [1.54, 1.807) is 12.1 Å². The van der Waals surface area contributed by atoms with Gasteiger partial charge in [0.15, 0.2) is 0 Å². The number of nitrogens with zero attached hydrogens (tertiary/aromatic N) is 3. The van der Waals surface area contributed by atoms with Crippen LogP contribution in [0.1, 0.15) is 20.3 Å². The van der Waals surface area contributed by atoms with E-state index in [9.17, 15) is 13.2 Å². The summed E-state index contributed by atoms with van der Waals surface area (Å²) in [5.74, 6) is 1.34. The molecule has 0 N–H and O–H groups in total. The Morgan fingerprint density at radius 1 is 0.933 bits per heavy atom. The number of hydrogen-bond donors (Lipinski definition) is 0. The van der Waals surface area contributed by atoms with Gasteiger partial charge in [0, 0.05) is 39.3 Å². The summed E-state index contributed by atoms with van der Waals surface area (Å²) in [6, 6.07) is 13.0. The van der Waals surface area contributed by atoms with Crippen molar-refractivity contribution in [1.82, 2.24) is 14.1 Å². The van der Waals surface area contributed by atoms with Gasteiger partial charge in [-0.2, -0.15) is 4.31 Å². The monoisotopic (exact) mass is 429 g/mol. The van der Waals surface area contributed by atoms with Crippen LogP contribution in [0.2, 0.25) is 0 Å². The lowest BCUT2D eigenvalue weighted by Crippen LogP contribution is -2.53. The largest absolute Gasteiger partial charge is 0.339 e. The Hall–Kier alpha value is -1.96. The third-order valence-electron chi connectivity index (χ3n) is 6.25. The number of sulfonamides is 1. The molecule has 30 heavy (non-hydrogen) atoms. The Morgan fingerprint density at radius 3 is 2.23 bits per heavy atom. The lowest BCUT2D eigenvalue weighted by Gasteiger charge is -2.38. The first kappa shape index (κ1) is 21.3. The summed E-state index contributed by atoms with van der Waals surface area (Å²) in [6.07, 6.45) is 1.22. The van der Waals surface area contributed by atoms with E-state index in [-0.39, 0.29) is 5.91 Å². The van der Waals surface area contributed by atoms with E-state index in [0.717, 1.165) is 23.9 Å². The van der Waals surface area contributed by atoms with Crippen LogP contribution in [-0.2, 0) is 14.8 Å². The van der Waals surface area contributed by atoms with Crippen LogP contribution in [0.15, 0.2) is 47.4 Å². The molecular weight excluding hydrogens is 398 g/mol. The Kier molecular flexibility index (Phi) is 6.14. The quantitative estimate of drug-likeness (QED) is 0.750. The molecule has 1 amide bonds. The summed E-state index contributed by atoms with van der Waals surface area (Å²) in [4.78, 5) is 17.2. The third-order valence-corrected chi connectivity index (χ3v) is 8.15. The number of hydrogen-bond acceptors (Lipinski definition) is 4. The van der Waals surface area contributed by atoms with Crippen LogP contribution < -0.4 is 0 Å². The van der Waals surface area contributed by atoms with Gasteiger partial charge in [-0.25, -0.2) is 8.42 Å². The van der Waals surface area contributed by atoms with Gasteiger partial charge >= 0.3 is 0 Å². The molecule has 4 rings (SSSR count). The average Bonchev–Trinajstić information content (AvgIpc) is 2.72. The van der Waals surface area contributed by atoms with Gasteiger partial charge in [-0.15, -0.1) is 0 Å². The second-order valence-electron chi connectivity index (χ2n) is 8.93. The maximum atomic E-state index is 13.1. The van der Waals surface area contributed by atoms with E-state index in [1.807, 2.05) is 35.2 Å². The summed E-state index contributed by atoms with van der Waals surface area (Å²) in [7, 11) is -3.56. The molecule has 0 bridgehead atoms. The summed E-state index contributed by atoms with van der Waals surface area (Å²) in [6.45, 7) is 8.43. The summed E-state index contributed by atoms with van der Waals surface area (Å²) in [5, 5.41) is 1.94. The SMILES string of the molecule is C[C@@H]1C[C@@H](C)CN(CC(=O)N2CCN(S(=O)(=O)c3ccc4ccccc4c3)CC2)C1. The van der Waals surface area contributed by atoms with Crippen molar-refractivity contribution < 1.29 is 13.2 Å². The molecule has 0 spiro atoms. The molecule has 0 saturated carbocycles. The molecule has 0 radical (unpaired) electrons. The Morgan fingerprint density at radius 2 is 1.57 bits per heavy atom. The van der Waals surface area contributed by atoms with Gasteiger partial charge in [-0.3, -0.25) is 9.69 Å². The van der Waals surface area contributed by atoms with Gasteiger partial charge in [0.25, 0.3) is 0 Å². The molecule has 6 nitrogen and oxygen atoms in total. The van der Waals surface area contributed by atoms with Crippen molar-refractivity contribution >= 4 is 26.7 Å². The van der Waals surface area contributed by atoms with Gasteiger partial charge in [0.2, 0.25) is 15.9 Å². The Balaban J connectivity index is 1.37. The van der Waals surface area contributed by atoms with E-state index in [0.29, 0.717) is 49.5 Å². The van der Waals surface area contributed by atoms with E-state index < -0.39 is 10.0 Å². The molecule has 2 heterocycles. The van der Waals surface area contributed by atoms with Gasteiger partial charge in [0.1, 0.15) is 0 Å². The number of piperidine rings is 1. The summed E-state index contributed by atoms with van der Waals surface area (Å²) in [5.41, 5.74) is 0. The van der Waals surface area contributed by atoms with Crippen molar-refractivity contribution in [3.8, 4) is 0 Å². The summed E-state index contributed by atoms with van der Waals surface area (Å²) >= 11 is 0. The first-order valence-corrected chi connectivity index (χ1v) is 12.3. The summed E-state index contributed by atoms with van der Waals surface area (Å²) < 4.78 is 27.7. The van der Waals surface area contributed by atoms with Crippen LogP contribution in [0.5, 0.6) is 0 Å². The van der Waals surface area contributed by atoms with Crippen LogP contribution in [0, 0.1) is 11.8 Å². The number of benzene rings is 2. The molecule has 2 fully saturated rings. The smallest absolute Gasteiger partial charge is 0.243 e. The zero-order chi connectivity index (χ0) is 21.3. The molecule has 7 heteroatoms. The second kappa shape index (κ2) is 8.65. The first-order chi connectivity index (χ1) is 14.3. The molecule has 0 aliphatic carbocycles. The predicted octanol–water partition coefficient (Wildman–Crippen LogP) is 2.65. The maximum absolute atomic E-state index is 13.1. The predicted molar refractivity (Wildman–Crippen MR) is 119 cm³/mol. The fourth-order valence-corrected chi connectivity index (χ4v) is 6.33. The van der Waals surface area contributed by atoms with Crippen LogP contribution >= 0.6 is 0 Å². The molecule has 2 aromatic rings. The standard InChI is InChI=1S/C23H31N3O3S/c1-18-13-19(2)16-24(15-18)17-23(27)25-9-11-26(12-10-25)30(28,29)22-8-7-20-5-3-4-6-21(20)14-22/h3-8,14,18-19H,9-13,15-17H2,1-2H3/t18-,19-/m1/s1. The highest BCUT2D eigenvalue weighted by Crippen LogP contribution is 2.24. The van der Waals surface area contributed by atoms with Crippen LogP contribution in [0.3, 0.4) is 0 Å². The first-order valence-electron chi connectivity index (χ1n) is 10.8. The Bertz CT molecular complexity index is 1010. The van der Waals surface area contributed by atoms with Gasteiger partial charge in [-0.1, -0.05) is 44.2 Å². The minimum Gasteiger partial charge on any atom is -0.339 e. The van der Waals surface area contributed by atoms with Crippen LogP contribution in [-0.4, -0.2) is 74.2 Å². The zero-order valence-electron chi connectivity index (χ0n) is 17.8. The molecule has 2 aliphatic rings. The van der Waals surface area contributed by atoms with Crippen molar-refractivity contribution in [2.75, 3.05) is 45.8 Å². The number of carbonyl (C=O) groups is 1. The molecule has 2 saturated heterocycles. The molecule has 2 aromatic carbocycles. The van der Waals surface area contributed by atoms with Gasteiger partial charge in [-0.05, 0) is 41.2 Å². The van der Waals surface area contributed by atoms with Crippen molar-refractivity contribution in [3.63, 3.8) is 0 Å². The molecule has 0 unspecified atom stereocenters. The normalized spacial score (nSPS) is 24.3. The van der Waals surface area contributed by atoms with Crippen LogP contribution in [0.4, 0.5) is 0 Å².